The van der Waals surface area contributed by atoms with Gasteiger partial charge in [0.25, 0.3) is 5.56 Å². The predicted molar refractivity (Wildman–Crippen MR) is 104 cm³/mol. The number of alkyl carbamates (subject to hydrolysis) is 1. The standard InChI is InChI=1S/C20H32N4O3/c1-20(2,3)27-19(26)21-10-12-24-11-9-15-16(13-24)22-17(23-18(15)25)14-7-5-4-6-8-14/h14H,4-13H2,1-3H3,(H,21,26)(H,22,23,25). The number of hydrogen-bond acceptors (Lipinski definition) is 5. The third-order valence-corrected chi connectivity index (χ3v) is 5.26. The molecule has 3 rings (SSSR count). The fourth-order valence-corrected chi connectivity index (χ4v) is 3.90. The van der Waals surface area contributed by atoms with Gasteiger partial charge in [0.05, 0.1) is 5.69 Å². The molecular formula is C20H32N4O3. The summed E-state index contributed by atoms with van der Waals surface area (Å²) in [5, 5.41) is 2.79. The molecule has 0 spiro atoms. The van der Waals surface area contributed by atoms with Gasteiger partial charge in [-0.25, -0.2) is 9.78 Å². The number of aromatic nitrogens is 2. The molecule has 7 heteroatoms. The molecule has 27 heavy (non-hydrogen) atoms. The fraction of sp³-hybridized carbons (Fsp3) is 0.750. The van der Waals surface area contributed by atoms with Gasteiger partial charge in [-0.1, -0.05) is 19.3 Å². The molecule has 1 aliphatic carbocycles. The Balaban J connectivity index is 1.57. The summed E-state index contributed by atoms with van der Waals surface area (Å²) in [5.74, 6) is 1.26. The van der Waals surface area contributed by atoms with Gasteiger partial charge in [-0.05, 0) is 40.0 Å². The largest absolute Gasteiger partial charge is 0.444 e. The number of amides is 1. The highest BCUT2D eigenvalue weighted by atomic mass is 16.6. The first kappa shape index (κ1) is 19.9. The van der Waals surface area contributed by atoms with Crippen LogP contribution < -0.4 is 10.9 Å². The maximum Gasteiger partial charge on any atom is 0.407 e. The maximum absolute atomic E-state index is 12.5. The third kappa shape index (κ3) is 5.54. The van der Waals surface area contributed by atoms with Crippen LogP contribution in [0.4, 0.5) is 4.79 Å². The lowest BCUT2D eigenvalue weighted by Gasteiger charge is -2.29. The van der Waals surface area contributed by atoms with E-state index in [1.165, 1.54) is 19.3 Å². The lowest BCUT2D eigenvalue weighted by Crippen LogP contribution is -2.41. The summed E-state index contributed by atoms with van der Waals surface area (Å²) >= 11 is 0. The van der Waals surface area contributed by atoms with E-state index in [4.69, 9.17) is 9.72 Å². The van der Waals surface area contributed by atoms with E-state index in [1.807, 2.05) is 20.8 Å². The normalized spacial score (nSPS) is 18.8. The first-order valence-electron chi connectivity index (χ1n) is 10.1. The van der Waals surface area contributed by atoms with Crippen LogP contribution >= 0.6 is 0 Å². The minimum Gasteiger partial charge on any atom is -0.444 e. The summed E-state index contributed by atoms with van der Waals surface area (Å²) < 4.78 is 5.26. The molecule has 0 radical (unpaired) electrons. The Hall–Kier alpha value is -1.89. The molecule has 2 heterocycles. The summed E-state index contributed by atoms with van der Waals surface area (Å²) in [6.07, 6.45) is 6.26. The Bertz CT molecular complexity index is 717. The number of rotatable bonds is 4. The van der Waals surface area contributed by atoms with Gasteiger partial charge in [-0.15, -0.1) is 0 Å². The van der Waals surface area contributed by atoms with E-state index in [0.29, 0.717) is 32.0 Å². The zero-order chi connectivity index (χ0) is 19.4. The molecule has 1 amide bonds. The number of H-pyrrole nitrogens is 1. The molecule has 150 valence electrons. The van der Waals surface area contributed by atoms with Crippen molar-refractivity contribution < 1.29 is 9.53 Å². The Morgan fingerprint density at radius 3 is 2.74 bits per heavy atom. The minimum atomic E-state index is -0.491. The van der Waals surface area contributed by atoms with Crippen LogP contribution in [0.15, 0.2) is 4.79 Å². The summed E-state index contributed by atoms with van der Waals surface area (Å²) in [7, 11) is 0. The monoisotopic (exact) mass is 376 g/mol. The lowest BCUT2D eigenvalue weighted by molar-refractivity contribution is 0.0521. The second-order valence-corrected chi connectivity index (χ2v) is 8.67. The van der Waals surface area contributed by atoms with Gasteiger partial charge < -0.3 is 15.0 Å². The average molecular weight is 377 g/mol. The van der Waals surface area contributed by atoms with Gasteiger partial charge in [0.1, 0.15) is 11.4 Å². The highest BCUT2D eigenvalue weighted by Gasteiger charge is 2.24. The van der Waals surface area contributed by atoms with Crippen LogP contribution in [-0.4, -0.2) is 46.2 Å². The van der Waals surface area contributed by atoms with E-state index in [0.717, 1.165) is 36.5 Å². The van der Waals surface area contributed by atoms with Crippen LogP contribution in [0.2, 0.25) is 0 Å². The van der Waals surface area contributed by atoms with Crippen LogP contribution in [0.5, 0.6) is 0 Å². The van der Waals surface area contributed by atoms with Crippen molar-refractivity contribution in [1.29, 1.82) is 0 Å². The first-order chi connectivity index (χ1) is 12.8. The predicted octanol–water partition coefficient (Wildman–Crippen LogP) is 2.70. The smallest absolute Gasteiger partial charge is 0.407 e. The second-order valence-electron chi connectivity index (χ2n) is 8.67. The summed E-state index contributed by atoms with van der Waals surface area (Å²) in [5.41, 5.74) is 1.27. The molecule has 1 aromatic heterocycles. The number of aromatic amines is 1. The quantitative estimate of drug-likeness (QED) is 0.844. The Morgan fingerprint density at radius 2 is 2.04 bits per heavy atom. The minimum absolute atomic E-state index is 0.0344. The number of ether oxygens (including phenoxy) is 1. The van der Waals surface area contributed by atoms with Crippen LogP contribution in [0, 0.1) is 0 Å². The summed E-state index contributed by atoms with van der Waals surface area (Å²) in [4.78, 5) is 34.3. The fourth-order valence-electron chi connectivity index (χ4n) is 3.90. The van der Waals surface area contributed by atoms with E-state index in [-0.39, 0.29) is 5.56 Å². The highest BCUT2D eigenvalue weighted by Crippen LogP contribution is 2.30. The number of nitrogens with one attached hydrogen (secondary N) is 2. The van der Waals surface area contributed by atoms with Crippen molar-refractivity contribution >= 4 is 6.09 Å². The zero-order valence-electron chi connectivity index (χ0n) is 16.8. The van der Waals surface area contributed by atoms with Gasteiger partial charge in [0.15, 0.2) is 0 Å². The molecule has 1 fully saturated rings. The van der Waals surface area contributed by atoms with Gasteiger partial charge in [0, 0.05) is 37.7 Å². The van der Waals surface area contributed by atoms with Gasteiger partial charge in [0.2, 0.25) is 0 Å². The molecule has 7 nitrogen and oxygen atoms in total. The van der Waals surface area contributed by atoms with Crippen LogP contribution in [0.3, 0.4) is 0 Å². The van der Waals surface area contributed by atoms with Crippen LogP contribution in [0.25, 0.3) is 0 Å². The average Bonchev–Trinajstić information content (AvgIpc) is 2.60. The van der Waals surface area contributed by atoms with Crippen molar-refractivity contribution in [3.63, 3.8) is 0 Å². The molecule has 0 unspecified atom stereocenters. The highest BCUT2D eigenvalue weighted by molar-refractivity contribution is 5.67. The van der Waals surface area contributed by atoms with E-state index >= 15 is 0 Å². The van der Waals surface area contributed by atoms with Crippen molar-refractivity contribution in [3.8, 4) is 0 Å². The Kier molecular flexibility index (Phi) is 6.19. The van der Waals surface area contributed by atoms with Crippen LogP contribution in [-0.2, 0) is 17.7 Å². The van der Waals surface area contributed by atoms with Gasteiger partial charge >= 0.3 is 6.09 Å². The molecule has 2 N–H and O–H groups in total. The summed E-state index contributed by atoms with van der Waals surface area (Å²) in [6, 6.07) is 0. The summed E-state index contributed by atoms with van der Waals surface area (Å²) in [6.45, 7) is 8.24. The Morgan fingerprint density at radius 1 is 1.30 bits per heavy atom. The number of carbonyl (C=O) groups excluding carboxylic acids is 1. The molecule has 0 atom stereocenters. The molecule has 0 saturated heterocycles. The molecular weight excluding hydrogens is 344 g/mol. The van der Waals surface area contributed by atoms with Gasteiger partial charge in [-0.2, -0.15) is 0 Å². The van der Waals surface area contributed by atoms with E-state index in [1.54, 1.807) is 0 Å². The molecule has 1 saturated carbocycles. The molecule has 1 aromatic rings. The number of carbonyl (C=O) groups is 1. The van der Waals surface area contributed by atoms with Crippen molar-refractivity contribution in [2.75, 3.05) is 19.6 Å². The number of fused-ring (bicyclic) bond motifs is 1. The molecule has 1 aliphatic heterocycles. The van der Waals surface area contributed by atoms with E-state index in [2.05, 4.69) is 15.2 Å². The topological polar surface area (TPSA) is 87.3 Å². The zero-order valence-corrected chi connectivity index (χ0v) is 16.8. The van der Waals surface area contributed by atoms with E-state index in [9.17, 15) is 9.59 Å². The molecule has 0 bridgehead atoms. The second kappa shape index (κ2) is 8.42. The SMILES string of the molecule is CC(C)(C)OC(=O)NCCN1CCc2c(nc(C3CCCCC3)[nH]c2=O)C1. The first-order valence-corrected chi connectivity index (χ1v) is 10.1. The van der Waals surface area contributed by atoms with E-state index < -0.39 is 11.7 Å². The maximum atomic E-state index is 12.5. The van der Waals surface area contributed by atoms with Crippen molar-refractivity contribution in [1.82, 2.24) is 20.2 Å². The van der Waals surface area contributed by atoms with Crippen molar-refractivity contribution in [3.05, 3.63) is 27.4 Å². The van der Waals surface area contributed by atoms with Crippen LogP contribution in [0.1, 0.15) is 75.9 Å². The number of nitrogens with zero attached hydrogens (tertiary/aromatic N) is 2. The Labute approximate surface area is 160 Å². The number of hydrogen-bond donors (Lipinski definition) is 2. The van der Waals surface area contributed by atoms with Gasteiger partial charge in [-0.3, -0.25) is 9.69 Å². The van der Waals surface area contributed by atoms with Crippen molar-refractivity contribution in [2.24, 2.45) is 0 Å². The van der Waals surface area contributed by atoms with Crippen molar-refractivity contribution in [2.45, 2.75) is 77.4 Å². The molecule has 2 aliphatic rings. The molecule has 0 aromatic carbocycles. The lowest BCUT2D eigenvalue weighted by atomic mass is 9.88. The third-order valence-electron chi connectivity index (χ3n) is 5.26.